The maximum atomic E-state index is 4.51. The normalized spacial score (nSPS) is 25.2. The highest BCUT2D eigenvalue weighted by molar-refractivity contribution is 7.99. The van der Waals surface area contributed by atoms with Crippen LogP contribution in [0.25, 0.3) is 0 Å². The van der Waals surface area contributed by atoms with E-state index >= 15 is 0 Å². The van der Waals surface area contributed by atoms with Gasteiger partial charge >= 0.3 is 0 Å². The maximum absolute atomic E-state index is 4.51. The molecule has 5 heteroatoms. The summed E-state index contributed by atoms with van der Waals surface area (Å²) in [6, 6.07) is 0.602. The zero-order chi connectivity index (χ0) is 11.5. The van der Waals surface area contributed by atoms with Crippen molar-refractivity contribution in [2.75, 3.05) is 11.6 Å². The fourth-order valence-corrected chi connectivity index (χ4v) is 3.57. The van der Waals surface area contributed by atoms with Crippen molar-refractivity contribution in [3.05, 3.63) is 5.82 Å². The van der Waals surface area contributed by atoms with Crippen LogP contribution in [0.1, 0.15) is 44.9 Å². The summed E-state index contributed by atoms with van der Waals surface area (Å²) in [6.45, 7) is 4.26. The molecule has 1 aromatic heterocycles. The van der Waals surface area contributed by atoms with E-state index in [9.17, 15) is 0 Å². The van der Waals surface area contributed by atoms with Gasteiger partial charge in [0.2, 0.25) is 5.13 Å². The highest BCUT2D eigenvalue weighted by atomic mass is 32.2. The van der Waals surface area contributed by atoms with Crippen molar-refractivity contribution in [1.29, 1.82) is 0 Å². The summed E-state index contributed by atoms with van der Waals surface area (Å²) in [5.41, 5.74) is 0. The number of thioether (sulfide) groups is 1. The second-order valence-electron chi connectivity index (χ2n) is 4.62. The Hall–Kier alpha value is -0.290. The van der Waals surface area contributed by atoms with Gasteiger partial charge in [-0.25, -0.2) is 4.98 Å². The van der Waals surface area contributed by atoms with E-state index in [1.54, 1.807) is 0 Å². The fourth-order valence-electron chi connectivity index (χ4n) is 1.99. The zero-order valence-electron chi connectivity index (χ0n) is 10.1. The highest BCUT2D eigenvalue weighted by Gasteiger charge is 2.24. The van der Waals surface area contributed by atoms with E-state index in [0.29, 0.717) is 12.0 Å². The number of nitrogens with one attached hydrogen (secondary N) is 1. The van der Waals surface area contributed by atoms with Gasteiger partial charge < -0.3 is 5.32 Å². The topological polar surface area (TPSA) is 37.8 Å². The lowest BCUT2D eigenvalue weighted by Crippen LogP contribution is -2.15. The van der Waals surface area contributed by atoms with Crippen molar-refractivity contribution < 1.29 is 0 Å². The fraction of sp³-hybridized carbons (Fsp3) is 0.818. The SMILES string of the molecule is CSC1CCC(Nc2nc(C(C)C)ns2)C1. The molecule has 0 spiro atoms. The van der Waals surface area contributed by atoms with Crippen LogP contribution in [0.5, 0.6) is 0 Å². The van der Waals surface area contributed by atoms with E-state index in [2.05, 4.69) is 34.8 Å². The van der Waals surface area contributed by atoms with Gasteiger partial charge in [0.15, 0.2) is 0 Å². The van der Waals surface area contributed by atoms with Crippen LogP contribution >= 0.6 is 23.3 Å². The quantitative estimate of drug-likeness (QED) is 0.897. The average Bonchev–Trinajstić information content (AvgIpc) is 2.87. The second kappa shape index (κ2) is 5.36. The molecule has 90 valence electrons. The van der Waals surface area contributed by atoms with Crippen LogP contribution in [0.4, 0.5) is 5.13 Å². The van der Waals surface area contributed by atoms with Gasteiger partial charge in [0.1, 0.15) is 5.82 Å². The molecule has 1 aromatic rings. The van der Waals surface area contributed by atoms with Crippen LogP contribution in [-0.2, 0) is 0 Å². The van der Waals surface area contributed by atoms with Crippen LogP contribution in [-0.4, -0.2) is 26.9 Å². The highest BCUT2D eigenvalue weighted by Crippen LogP contribution is 2.30. The summed E-state index contributed by atoms with van der Waals surface area (Å²) >= 11 is 3.48. The Morgan fingerprint density at radius 1 is 1.44 bits per heavy atom. The van der Waals surface area contributed by atoms with E-state index in [-0.39, 0.29) is 0 Å². The minimum Gasteiger partial charge on any atom is -0.358 e. The molecule has 16 heavy (non-hydrogen) atoms. The molecular formula is C11H19N3S2. The molecule has 2 rings (SSSR count). The Balaban J connectivity index is 1.89. The molecule has 1 aliphatic rings. The molecule has 2 atom stereocenters. The molecule has 0 radical (unpaired) electrons. The van der Waals surface area contributed by atoms with Gasteiger partial charge in [0, 0.05) is 28.7 Å². The van der Waals surface area contributed by atoms with Gasteiger partial charge in [0.25, 0.3) is 0 Å². The first-order valence-corrected chi connectivity index (χ1v) is 7.88. The molecule has 1 N–H and O–H groups in total. The van der Waals surface area contributed by atoms with Gasteiger partial charge in [-0.15, -0.1) is 0 Å². The Labute approximate surface area is 106 Å². The Morgan fingerprint density at radius 2 is 2.25 bits per heavy atom. The maximum Gasteiger partial charge on any atom is 0.202 e. The Bertz CT molecular complexity index is 338. The van der Waals surface area contributed by atoms with Gasteiger partial charge in [0.05, 0.1) is 0 Å². The monoisotopic (exact) mass is 257 g/mol. The van der Waals surface area contributed by atoms with Crippen LogP contribution in [0.2, 0.25) is 0 Å². The average molecular weight is 257 g/mol. The largest absolute Gasteiger partial charge is 0.358 e. The predicted molar refractivity (Wildman–Crippen MR) is 72.6 cm³/mol. The van der Waals surface area contributed by atoms with Crippen LogP contribution in [0.15, 0.2) is 0 Å². The second-order valence-corrected chi connectivity index (χ2v) is 6.51. The molecule has 3 nitrogen and oxygen atoms in total. The first kappa shape index (κ1) is 12.2. The van der Waals surface area contributed by atoms with E-state index in [4.69, 9.17) is 0 Å². The van der Waals surface area contributed by atoms with Crippen molar-refractivity contribution in [3.63, 3.8) is 0 Å². The minimum atomic E-state index is 0.425. The first-order valence-electron chi connectivity index (χ1n) is 5.82. The van der Waals surface area contributed by atoms with Crippen molar-refractivity contribution in [1.82, 2.24) is 9.36 Å². The Kier molecular flexibility index (Phi) is 4.08. The van der Waals surface area contributed by atoms with Gasteiger partial charge in [-0.1, -0.05) is 13.8 Å². The molecule has 1 fully saturated rings. The Morgan fingerprint density at radius 3 is 2.81 bits per heavy atom. The molecule has 1 heterocycles. The third-order valence-corrected chi connectivity index (χ3v) is 4.76. The van der Waals surface area contributed by atoms with E-state index in [1.165, 1.54) is 30.8 Å². The summed E-state index contributed by atoms with van der Waals surface area (Å²) in [4.78, 5) is 4.51. The van der Waals surface area contributed by atoms with E-state index in [0.717, 1.165) is 16.2 Å². The van der Waals surface area contributed by atoms with Crippen LogP contribution in [0.3, 0.4) is 0 Å². The van der Waals surface area contributed by atoms with E-state index < -0.39 is 0 Å². The first-order chi connectivity index (χ1) is 7.69. The van der Waals surface area contributed by atoms with Gasteiger partial charge in [-0.3, -0.25) is 0 Å². The summed E-state index contributed by atoms with van der Waals surface area (Å²) in [7, 11) is 0. The lowest BCUT2D eigenvalue weighted by atomic mass is 10.2. The predicted octanol–water partition coefficient (Wildman–Crippen LogP) is 3.36. The number of hydrogen-bond acceptors (Lipinski definition) is 5. The van der Waals surface area contributed by atoms with Gasteiger partial charge in [-0.05, 0) is 25.5 Å². The van der Waals surface area contributed by atoms with Crippen molar-refractivity contribution in [2.45, 2.75) is 50.3 Å². The smallest absolute Gasteiger partial charge is 0.202 e. The van der Waals surface area contributed by atoms with Crippen LogP contribution < -0.4 is 5.32 Å². The summed E-state index contributed by atoms with van der Waals surface area (Å²) in [5, 5.41) is 5.34. The molecule has 0 aliphatic heterocycles. The third kappa shape index (κ3) is 2.88. The summed E-state index contributed by atoms with van der Waals surface area (Å²) in [5.74, 6) is 1.39. The summed E-state index contributed by atoms with van der Waals surface area (Å²) < 4.78 is 4.36. The molecule has 0 bridgehead atoms. The molecule has 0 aromatic carbocycles. The number of rotatable bonds is 4. The molecule has 1 aliphatic carbocycles. The third-order valence-electron chi connectivity index (χ3n) is 3.00. The number of aromatic nitrogens is 2. The molecule has 2 unspecified atom stereocenters. The number of anilines is 1. The lowest BCUT2D eigenvalue weighted by Gasteiger charge is -2.10. The van der Waals surface area contributed by atoms with Crippen LogP contribution in [0, 0.1) is 0 Å². The molecular weight excluding hydrogens is 238 g/mol. The van der Waals surface area contributed by atoms with Crippen molar-refractivity contribution in [3.8, 4) is 0 Å². The van der Waals surface area contributed by atoms with Gasteiger partial charge in [-0.2, -0.15) is 16.1 Å². The minimum absolute atomic E-state index is 0.425. The lowest BCUT2D eigenvalue weighted by molar-refractivity contribution is 0.749. The molecule has 0 saturated heterocycles. The molecule has 0 amide bonds. The standard InChI is InChI=1S/C11H19N3S2/c1-7(2)10-13-11(16-14-10)12-8-4-5-9(6-8)15-3/h7-9H,4-6H2,1-3H3,(H,12,13,14). The number of nitrogens with zero attached hydrogens (tertiary/aromatic N) is 2. The molecule has 1 saturated carbocycles. The van der Waals surface area contributed by atoms with Crippen molar-refractivity contribution >= 4 is 28.4 Å². The summed E-state index contributed by atoms with van der Waals surface area (Å²) in [6.07, 6.45) is 6.06. The van der Waals surface area contributed by atoms with E-state index in [1.807, 2.05) is 11.8 Å². The zero-order valence-corrected chi connectivity index (χ0v) is 11.7. The number of hydrogen-bond donors (Lipinski definition) is 1. The van der Waals surface area contributed by atoms with Crippen molar-refractivity contribution in [2.24, 2.45) is 0 Å².